The SMILES string of the molecule is CCCCNC1CCC(C)(C)N(C)C1(C)C. The first-order valence-corrected chi connectivity index (χ1v) is 6.79. The van der Waals surface area contributed by atoms with Crippen LogP contribution in [0.25, 0.3) is 0 Å². The van der Waals surface area contributed by atoms with Crippen LogP contribution in [0.15, 0.2) is 0 Å². The highest BCUT2D eigenvalue weighted by Gasteiger charge is 2.44. The molecule has 0 aromatic rings. The van der Waals surface area contributed by atoms with Crippen molar-refractivity contribution in [3.8, 4) is 0 Å². The second-order valence-corrected chi connectivity index (χ2v) is 6.42. The minimum atomic E-state index is 0.259. The van der Waals surface area contributed by atoms with Crippen molar-refractivity contribution in [1.82, 2.24) is 10.2 Å². The number of unbranched alkanes of at least 4 members (excludes halogenated alkanes) is 1. The Hall–Kier alpha value is -0.0800. The lowest BCUT2D eigenvalue weighted by Crippen LogP contribution is -2.66. The van der Waals surface area contributed by atoms with E-state index in [9.17, 15) is 0 Å². The predicted octanol–water partition coefficient (Wildman–Crippen LogP) is 3.03. The minimum absolute atomic E-state index is 0.259. The van der Waals surface area contributed by atoms with Crippen LogP contribution in [-0.2, 0) is 0 Å². The molecule has 2 heteroatoms. The second kappa shape index (κ2) is 5.05. The molecule has 1 unspecified atom stereocenters. The summed E-state index contributed by atoms with van der Waals surface area (Å²) in [5, 5.41) is 3.74. The molecule has 0 aliphatic carbocycles. The average molecular weight is 226 g/mol. The van der Waals surface area contributed by atoms with Gasteiger partial charge < -0.3 is 5.32 Å². The van der Waals surface area contributed by atoms with Gasteiger partial charge >= 0.3 is 0 Å². The van der Waals surface area contributed by atoms with Gasteiger partial charge in [0.25, 0.3) is 0 Å². The molecule has 1 fully saturated rings. The van der Waals surface area contributed by atoms with Gasteiger partial charge in [-0.25, -0.2) is 0 Å². The van der Waals surface area contributed by atoms with Gasteiger partial charge in [-0.15, -0.1) is 0 Å². The molecule has 0 amide bonds. The van der Waals surface area contributed by atoms with Gasteiger partial charge in [-0.3, -0.25) is 4.90 Å². The smallest absolute Gasteiger partial charge is 0.0308 e. The van der Waals surface area contributed by atoms with E-state index in [0.29, 0.717) is 11.6 Å². The molecule has 0 aromatic carbocycles. The fraction of sp³-hybridized carbons (Fsp3) is 1.00. The lowest BCUT2D eigenvalue weighted by atomic mass is 9.77. The highest BCUT2D eigenvalue weighted by atomic mass is 15.3. The van der Waals surface area contributed by atoms with E-state index in [1.54, 1.807) is 0 Å². The lowest BCUT2D eigenvalue weighted by Gasteiger charge is -2.55. The topological polar surface area (TPSA) is 15.3 Å². The Morgan fingerprint density at radius 2 is 1.88 bits per heavy atom. The summed E-state index contributed by atoms with van der Waals surface area (Å²) in [5.41, 5.74) is 0.599. The lowest BCUT2D eigenvalue weighted by molar-refractivity contribution is -0.0266. The highest BCUT2D eigenvalue weighted by molar-refractivity contribution is 5.03. The Morgan fingerprint density at radius 3 is 2.44 bits per heavy atom. The van der Waals surface area contributed by atoms with E-state index in [1.165, 1.54) is 32.2 Å². The zero-order valence-corrected chi connectivity index (χ0v) is 12.1. The number of rotatable bonds is 4. The van der Waals surface area contributed by atoms with Gasteiger partial charge in [0.1, 0.15) is 0 Å². The molecule has 1 aliphatic rings. The van der Waals surface area contributed by atoms with Gasteiger partial charge in [0.15, 0.2) is 0 Å². The number of piperidine rings is 1. The molecule has 1 saturated heterocycles. The standard InChI is InChI=1S/C14H30N2/c1-7-8-11-15-12-9-10-13(2,3)16(6)14(12,4)5/h12,15H,7-11H2,1-6H3. The summed E-state index contributed by atoms with van der Waals surface area (Å²) in [4.78, 5) is 2.55. The fourth-order valence-corrected chi connectivity index (χ4v) is 2.84. The van der Waals surface area contributed by atoms with Crippen molar-refractivity contribution in [2.24, 2.45) is 0 Å². The summed E-state index contributed by atoms with van der Waals surface area (Å²) in [6.45, 7) is 12.9. The molecule has 0 saturated carbocycles. The van der Waals surface area contributed by atoms with E-state index in [1.807, 2.05) is 0 Å². The molecule has 1 rings (SSSR count). The molecular weight excluding hydrogens is 196 g/mol. The molecule has 96 valence electrons. The quantitative estimate of drug-likeness (QED) is 0.741. The van der Waals surface area contributed by atoms with E-state index in [0.717, 1.165) is 0 Å². The number of nitrogens with one attached hydrogen (secondary N) is 1. The van der Waals surface area contributed by atoms with Crippen LogP contribution in [0.4, 0.5) is 0 Å². The average Bonchev–Trinajstić information content (AvgIpc) is 2.19. The first kappa shape index (κ1) is 14.0. The van der Waals surface area contributed by atoms with E-state index in [4.69, 9.17) is 0 Å². The monoisotopic (exact) mass is 226 g/mol. The molecule has 2 nitrogen and oxygen atoms in total. The third-order valence-electron chi connectivity index (χ3n) is 4.59. The molecule has 1 N–H and O–H groups in total. The molecule has 1 aliphatic heterocycles. The molecule has 0 bridgehead atoms. The predicted molar refractivity (Wildman–Crippen MR) is 71.9 cm³/mol. The summed E-state index contributed by atoms with van der Waals surface area (Å²) in [6.07, 6.45) is 5.16. The van der Waals surface area contributed by atoms with E-state index >= 15 is 0 Å². The van der Waals surface area contributed by atoms with Gasteiger partial charge in [-0.05, 0) is 60.5 Å². The van der Waals surface area contributed by atoms with Crippen LogP contribution in [-0.4, -0.2) is 35.6 Å². The molecule has 16 heavy (non-hydrogen) atoms. The third-order valence-corrected chi connectivity index (χ3v) is 4.59. The molecule has 1 atom stereocenters. The first-order chi connectivity index (χ1) is 7.32. The van der Waals surface area contributed by atoms with Gasteiger partial charge in [0, 0.05) is 17.1 Å². The van der Waals surface area contributed by atoms with Crippen LogP contribution >= 0.6 is 0 Å². The van der Waals surface area contributed by atoms with Crippen LogP contribution in [0.3, 0.4) is 0 Å². The van der Waals surface area contributed by atoms with Crippen LogP contribution in [0.1, 0.15) is 60.3 Å². The number of hydrogen-bond donors (Lipinski definition) is 1. The van der Waals surface area contributed by atoms with Crippen molar-refractivity contribution < 1.29 is 0 Å². The first-order valence-electron chi connectivity index (χ1n) is 6.79. The summed E-state index contributed by atoms with van der Waals surface area (Å²) in [5.74, 6) is 0. The summed E-state index contributed by atoms with van der Waals surface area (Å²) >= 11 is 0. The van der Waals surface area contributed by atoms with Crippen LogP contribution in [0.5, 0.6) is 0 Å². The molecule has 0 radical (unpaired) electrons. The Balaban J connectivity index is 2.61. The van der Waals surface area contributed by atoms with Gasteiger partial charge in [-0.1, -0.05) is 13.3 Å². The maximum Gasteiger partial charge on any atom is 0.0308 e. The maximum absolute atomic E-state index is 3.74. The zero-order chi connectivity index (χ0) is 12.4. The largest absolute Gasteiger partial charge is 0.312 e. The van der Waals surface area contributed by atoms with Crippen LogP contribution in [0, 0.1) is 0 Å². The van der Waals surface area contributed by atoms with Crippen molar-refractivity contribution >= 4 is 0 Å². The minimum Gasteiger partial charge on any atom is -0.312 e. The Morgan fingerprint density at radius 1 is 1.25 bits per heavy atom. The molecule has 1 heterocycles. The van der Waals surface area contributed by atoms with Gasteiger partial charge in [0.2, 0.25) is 0 Å². The Bertz CT molecular complexity index is 221. The van der Waals surface area contributed by atoms with Crippen molar-refractivity contribution in [2.45, 2.75) is 77.4 Å². The van der Waals surface area contributed by atoms with E-state index in [2.05, 4.69) is 51.9 Å². The summed E-state index contributed by atoms with van der Waals surface area (Å²) in [6, 6.07) is 0.636. The molecule has 0 aromatic heterocycles. The summed E-state index contributed by atoms with van der Waals surface area (Å²) < 4.78 is 0. The Kier molecular flexibility index (Phi) is 4.42. The Labute approximate surface area is 102 Å². The number of nitrogens with zero attached hydrogens (tertiary/aromatic N) is 1. The van der Waals surface area contributed by atoms with Crippen molar-refractivity contribution in [1.29, 1.82) is 0 Å². The zero-order valence-electron chi connectivity index (χ0n) is 12.1. The maximum atomic E-state index is 3.74. The van der Waals surface area contributed by atoms with Crippen LogP contribution in [0.2, 0.25) is 0 Å². The highest BCUT2D eigenvalue weighted by Crippen LogP contribution is 2.36. The second-order valence-electron chi connectivity index (χ2n) is 6.42. The number of likely N-dealkylation sites (tertiary alicyclic amines) is 1. The van der Waals surface area contributed by atoms with E-state index in [-0.39, 0.29) is 5.54 Å². The molecule has 0 spiro atoms. The van der Waals surface area contributed by atoms with Gasteiger partial charge in [0.05, 0.1) is 0 Å². The van der Waals surface area contributed by atoms with Crippen LogP contribution < -0.4 is 5.32 Å². The molecular formula is C14H30N2. The van der Waals surface area contributed by atoms with Gasteiger partial charge in [-0.2, -0.15) is 0 Å². The fourth-order valence-electron chi connectivity index (χ4n) is 2.84. The van der Waals surface area contributed by atoms with Crippen molar-refractivity contribution in [2.75, 3.05) is 13.6 Å². The summed E-state index contributed by atoms with van der Waals surface area (Å²) in [7, 11) is 2.27. The number of likely N-dealkylation sites (N-methyl/N-ethyl adjacent to an activating group) is 1. The third kappa shape index (κ3) is 2.78. The normalized spacial score (nSPS) is 29.2. The van der Waals surface area contributed by atoms with E-state index < -0.39 is 0 Å². The number of hydrogen-bond acceptors (Lipinski definition) is 2. The van der Waals surface area contributed by atoms with Crippen molar-refractivity contribution in [3.05, 3.63) is 0 Å². The van der Waals surface area contributed by atoms with Crippen molar-refractivity contribution in [3.63, 3.8) is 0 Å².